The molecule has 0 aliphatic rings. The number of fused-ring (bicyclic) bond motifs is 3. The quantitative estimate of drug-likeness (QED) is 0.158. The van der Waals surface area contributed by atoms with Gasteiger partial charge in [-0.2, -0.15) is 0 Å². The van der Waals surface area contributed by atoms with Crippen molar-refractivity contribution in [1.29, 1.82) is 0 Å². The third-order valence-electron chi connectivity index (χ3n) is 7.02. The molecule has 0 amide bonds. The Kier molecular flexibility index (Phi) is 6.44. The highest BCUT2D eigenvalue weighted by molar-refractivity contribution is 6.30. The number of aryl methyl sites for hydroxylation is 2. The number of halogens is 1. The van der Waals surface area contributed by atoms with Crippen molar-refractivity contribution in [3.8, 4) is 22.7 Å². The molecular weight excluding hydrogens is 526 g/mol. The summed E-state index contributed by atoms with van der Waals surface area (Å²) in [6.07, 6.45) is 0. The zero-order chi connectivity index (χ0) is 28.0. The van der Waals surface area contributed by atoms with E-state index in [1.54, 1.807) is 30.3 Å². The Morgan fingerprint density at radius 1 is 0.950 bits per heavy atom. The lowest BCUT2D eigenvalue weighted by Gasteiger charge is -2.10. The molecular formula is C32H24ClN3O4. The van der Waals surface area contributed by atoms with Crippen LogP contribution < -0.4 is 0 Å². The van der Waals surface area contributed by atoms with E-state index in [2.05, 4.69) is 9.72 Å². The molecule has 6 aromatic rings. The zero-order valence-electron chi connectivity index (χ0n) is 22.1. The summed E-state index contributed by atoms with van der Waals surface area (Å²) >= 11 is 6.11. The van der Waals surface area contributed by atoms with E-state index in [-0.39, 0.29) is 22.8 Å². The second-order valence-electron chi connectivity index (χ2n) is 9.44. The maximum Gasteiger partial charge on any atom is 0.356 e. The molecule has 0 bridgehead atoms. The number of para-hydroxylation sites is 1. The maximum atomic E-state index is 14.1. The van der Waals surface area contributed by atoms with Gasteiger partial charge in [-0.3, -0.25) is 4.79 Å². The molecule has 0 radical (unpaired) electrons. The minimum absolute atomic E-state index is 0.0992. The van der Waals surface area contributed by atoms with E-state index in [4.69, 9.17) is 25.8 Å². The van der Waals surface area contributed by atoms with Crippen LogP contribution in [0.15, 0.2) is 83.4 Å². The molecule has 198 valence electrons. The molecule has 0 saturated heterocycles. The first-order chi connectivity index (χ1) is 19.4. The summed E-state index contributed by atoms with van der Waals surface area (Å²) in [7, 11) is 1.31. The van der Waals surface area contributed by atoms with E-state index in [0.717, 1.165) is 27.4 Å². The van der Waals surface area contributed by atoms with Crippen molar-refractivity contribution in [2.24, 2.45) is 0 Å². The largest absolute Gasteiger partial charge is 0.464 e. The smallest absolute Gasteiger partial charge is 0.356 e. The summed E-state index contributed by atoms with van der Waals surface area (Å²) in [6.45, 7) is 4.64. The van der Waals surface area contributed by atoms with Gasteiger partial charge in [-0.05, 0) is 50.2 Å². The molecule has 0 N–H and O–H groups in total. The number of methoxy groups -OCH3 is 1. The Balaban J connectivity index is 1.71. The summed E-state index contributed by atoms with van der Waals surface area (Å²) in [4.78, 5) is 31.6. The van der Waals surface area contributed by atoms with Crippen molar-refractivity contribution in [1.82, 2.24) is 14.7 Å². The SMILES string of the molecule is CCn1c2ccccc2c2cc(C(=O)OC)nc(-c3onc(-c4ccc(C)cc4)c3C(=O)c3ccc(Cl)cc3)c21. The minimum atomic E-state index is -0.597. The molecule has 3 heterocycles. The van der Waals surface area contributed by atoms with E-state index >= 15 is 0 Å². The van der Waals surface area contributed by atoms with Crippen LogP contribution in [0, 0.1) is 6.92 Å². The maximum absolute atomic E-state index is 14.1. The number of pyridine rings is 1. The number of hydrogen-bond donors (Lipinski definition) is 0. The molecule has 0 aliphatic carbocycles. The fourth-order valence-electron chi connectivity index (χ4n) is 5.09. The number of esters is 1. The number of hydrogen-bond acceptors (Lipinski definition) is 6. The second-order valence-corrected chi connectivity index (χ2v) is 9.88. The zero-order valence-corrected chi connectivity index (χ0v) is 22.8. The van der Waals surface area contributed by atoms with Crippen LogP contribution in [-0.2, 0) is 11.3 Å². The molecule has 6 rings (SSSR count). The van der Waals surface area contributed by atoms with Gasteiger partial charge in [0.05, 0.1) is 12.6 Å². The van der Waals surface area contributed by atoms with Gasteiger partial charge >= 0.3 is 5.97 Å². The van der Waals surface area contributed by atoms with Crippen LogP contribution in [0.5, 0.6) is 0 Å². The van der Waals surface area contributed by atoms with E-state index in [1.807, 2.05) is 62.4 Å². The molecule has 7 nitrogen and oxygen atoms in total. The van der Waals surface area contributed by atoms with Crippen molar-refractivity contribution in [2.75, 3.05) is 7.11 Å². The second kappa shape index (κ2) is 10.1. The number of carbonyl (C=O) groups excluding carboxylic acids is 2. The molecule has 3 aromatic heterocycles. The van der Waals surface area contributed by atoms with Crippen molar-refractivity contribution in [3.05, 3.63) is 106 Å². The van der Waals surface area contributed by atoms with Gasteiger partial charge in [-0.25, -0.2) is 9.78 Å². The van der Waals surface area contributed by atoms with Crippen LogP contribution in [0.1, 0.15) is 38.9 Å². The Morgan fingerprint density at radius 2 is 1.68 bits per heavy atom. The lowest BCUT2D eigenvalue weighted by molar-refractivity contribution is 0.0594. The van der Waals surface area contributed by atoms with Crippen molar-refractivity contribution in [2.45, 2.75) is 20.4 Å². The summed E-state index contributed by atoms with van der Waals surface area (Å²) in [5.74, 6) is -0.731. The molecule has 40 heavy (non-hydrogen) atoms. The first-order valence-corrected chi connectivity index (χ1v) is 13.2. The minimum Gasteiger partial charge on any atom is -0.464 e. The number of aromatic nitrogens is 3. The average molecular weight is 550 g/mol. The third-order valence-corrected chi connectivity index (χ3v) is 7.28. The van der Waals surface area contributed by atoms with Crippen molar-refractivity contribution in [3.63, 3.8) is 0 Å². The summed E-state index contributed by atoms with van der Waals surface area (Å²) < 4.78 is 13.1. The fraction of sp³-hybridized carbons (Fsp3) is 0.125. The van der Waals surface area contributed by atoms with Gasteiger partial charge in [0.25, 0.3) is 0 Å². The molecule has 0 unspecified atom stereocenters. The molecule has 0 fully saturated rings. The van der Waals surface area contributed by atoms with Gasteiger partial charge in [-0.15, -0.1) is 0 Å². The van der Waals surface area contributed by atoms with Crippen LogP contribution in [0.25, 0.3) is 44.5 Å². The van der Waals surface area contributed by atoms with E-state index in [9.17, 15) is 9.59 Å². The first-order valence-electron chi connectivity index (χ1n) is 12.8. The van der Waals surface area contributed by atoms with E-state index in [0.29, 0.717) is 34.1 Å². The fourth-order valence-corrected chi connectivity index (χ4v) is 5.21. The molecule has 0 saturated carbocycles. The summed E-state index contributed by atoms with van der Waals surface area (Å²) in [5, 5.41) is 6.63. The summed E-state index contributed by atoms with van der Waals surface area (Å²) in [6, 6.07) is 24.0. The van der Waals surface area contributed by atoms with Gasteiger partial charge in [0, 0.05) is 39.0 Å². The number of ketones is 1. The van der Waals surface area contributed by atoms with Gasteiger partial charge < -0.3 is 13.8 Å². The number of carbonyl (C=O) groups is 2. The number of rotatable bonds is 6. The van der Waals surface area contributed by atoms with Crippen molar-refractivity contribution < 1.29 is 18.8 Å². The standard InChI is InChI=1S/C32H24ClN3O4/c1-4-36-25-8-6-5-7-22(25)23-17-24(32(38)39-3)34-28(29(23)36)31-26(30(37)20-13-15-21(33)16-14-20)27(35-40-31)19-11-9-18(2)10-12-19/h5-17H,4H2,1-3H3. The monoisotopic (exact) mass is 549 g/mol. The van der Waals surface area contributed by atoms with Crippen LogP contribution in [0.2, 0.25) is 5.02 Å². The molecule has 0 aliphatic heterocycles. The number of nitrogens with zero attached hydrogens (tertiary/aromatic N) is 3. The van der Waals surface area contributed by atoms with Crippen LogP contribution in [0.4, 0.5) is 0 Å². The predicted octanol–water partition coefficient (Wildman–Crippen LogP) is 7.51. The highest BCUT2D eigenvalue weighted by Gasteiger charge is 2.30. The lowest BCUT2D eigenvalue weighted by Crippen LogP contribution is -2.08. The Hall–Kier alpha value is -4.75. The lowest BCUT2D eigenvalue weighted by atomic mass is 9.96. The molecule has 3 aromatic carbocycles. The molecule has 0 spiro atoms. The first kappa shape index (κ1) is 25.5. The topological polar surface area (TPSA) is 87.2 Å². The van der Waals surface area contributed by atoms with E-state index < -0.39 is 5.97 Å². The van der Waals surface area contributed by atoms with Crippen LogP contribution in [-0.4, -0.2) is 33.6 Å². The highest BCUT2D eigenvalue weighted by Crippen LogP contribution is 2.40. The average Bonchev–Trinajstić information content (AvgIpc) is 3.56. The predicted molar refractivity (Wildman–Crippen MR) is 155 cm³/mol. The van der Waals surface area contributed by atoms with Gasteiger partial charge in [-0.1, -0.05) is 64.8 Å². The molecule has 8 heteroatoms. The van der Waals surface area contributed by atoms with Gasteiger partial charge in [0.15, 0.2) is 11.5 Å². The van der Waals surface area contributed by atoms with E-state index in [1.165, 1.54) is 7.11 Å². The molecule has 0 atom stereocenters. The van der Waals surface area contributed by atoms with Crippen LogP contribution in [0.3, 0.4) is 0 Å². The highest BCUT2D eigenvalue weighted by atomic mass is 35.5. The number of ether oxygens (including phenoxy) is 1. The Bertz CT molecular complexity index is 1920. The van der Waals surface area contributed by atoms with Crippen LogP contribution >= 0.6 is 11.6 Å². The normalized spacial score (nSPS) is 11.3. The van der Waals surface area contributed by atoms with Gasteiger partial charge in [0.1, 0.15) is 22.6 Å². The Labute approximate surface area is 234 Å². The number of benzene rings is 3. The third kappa shape index (κ3) is 4.15. The van der Waals surface area contributed by atoms with Gasteiger partial charge in [0.2, 0.25) is 0 Å². The van der Waals surface area contributed by atoms with Crippen molar-refractivity contribution >= 4 is 45.2 Å². The summed E-state index contributed by atoms with van der Waals surface area (Å²) in [5.41, 5.74) is 4.96. The Morgan fingerprint density at radius 3 is 2.38 bits per heavy atom.